The number of rotatable bonds is 6. The molecule has 3 amide bonds. The molecule has 0 unspecified atom stereocenters. The fourth-order valence-electron chi connectivity index (χ4n) is 3.36. The molecule has 0 aromatic heterocycles. The molecule has 0 saturated carbocycles. The highest BCUT2D eigenvalue weighted by atomic mass is 16.2. The van der Waals surface area contributed by atoms with Gasteiger partial charge in [0.2, 0.25) is 5.91 Å². The number of benzene rings is 2. The average molecular weight is 364 g/mol. The van der Waals surface area contributed by atoms with Gasteiger partial charge in [-0.15, -0.1) is 0 Å². The highest BCUT2D eigenvalue weighted by Crippen LogP contribution is 2.22. The predicted octanol–water partition coefficient (Wildman–Crippen LogP) is 3.12. The molecule has 5 heteroatoms. The summed E-state index contributed by atoms with van der Waals surface area (Å²) in [4.78, 5) is 38.2. The number of nitrogens with zero attached hydrogens (tertiary/aromatic N) is 1. The van der Waals surface area contributed by atoms with E-state index in [-0.39, 0.29) is 30.7 Å². The van der Waals surface area contributed by atoms with Gasteiger partial charge in [-0.05, 0) is 44.9 Å². The van der Waals surface area contributed by atoms with E-state index >= 15 is 0 Å². The fraction of sp³-hybridized carbons (Fsp3) is 0.318. The highest BCUT2D eigenvalue weighted by Gasteiger charge is 2.35. The Balaban J connectivity index is 1.56. The normalized spacial score (nSPS) is 13.7. The van der Waals surface area contributed by atoms with Crippen molar-refractivity contribution < 1.29 is 14.4 Å². The summed E-state index contributed by atoms with van der Waals surface area (Å²) >= 11 is 0. The van der Waals surface area contributed by atoms with E-state index in [1.165, 1.54) is 5.56 Å². The number of nitrogens with one attached hydrogen (secondary N) is 1. The highest BCUT2D eigenvalue weighted by molar-refractivity contribution is 6.21. The van der Waals surface area contributed by atoms with Crippen LogP contribution in [0.3, 0.4) is 0 Å². The first-order valence-corrected chi connectivity index (χ1v) is 9.09. The van der Waals surface area contributed by atoms with Crippen LogP contribution in [0, 0.1) is 6.92 Å². The Morgan fingerprint density at radius 1 is 0.963 bits per heavy atom. The van der Waals surface area contributed by atoms with Crippen LogP contribution in [0.25, 0.3) is 0 Å². The molecular formula is C22H24N2O3. The molecule has 3 rings (SSSR count). The zero-order valence-corrected chi connectivity index (χ0v) is 15.9. The maximum absolute atomic E-state index is 12.4. The number of fused-ring (bicyclic) bond motifs is 1. The van der Waals surface area contributed by atoms with E-state index in [4.69, 9.17) is 0 Å². The third kappa shape index (κ3) is 4.25. The second-order valence-corrected chi connectivity index (χ2v) is 7.65. The second-order valence-electron chi connectivity index (χ2n) is 7.65. The van der Waals surface area contributed by atoms with Crippen LogP contribution in [0.2, 0.25) is 0 Å². The van der Waals surface area contributed by atoms with Gasteiger partial charge in [0, 0.05) is 18.5 Å². The molecule has 0 aliphatic carbocycles. The van der Waals surface area contributed by atoms with Crippen LogP contribution in [-0.2, 0) is 11.2 Å². The Morgan fingerprint density at radius 3 is 2.07 bits per heavy atom. The summed E-state index contributed by atoms with van der Waals surface area (Å²) in [5, 5.41) is 3.01. The molecule has 1 aliphatic rings. The lowest BCUT2D eigenvalue weighted by Gasteiger charge is -2.27. The van der Waals surface area contributed by atoms with Gasteiger partial charge < -0.3 is 5.32 Å². The van der Waals surface area contributed by atoms with Crippen molar-refractivity contribution >= 4 is 17.7 Å². The molecule has 27 heavy (non-hydrogen) atoms. The molecule has 0 fully saturated rings. The van der Waals surface area contributed by atoms with E-state index in [1.54, 1.807) is 24.3 Å². The standard InChI is InChI=1S/C22H24N2O3/c1-15-8-10-16(11-9-15)14-22(2,3)23-19(25)12-13-24-20(26)17-6-4-5-7-18(17)21(24)27/h4-11H,12-14H2,1-3H3,(H,23,25). The molecule has 1 heterocycles. The fourth-order valence-corrected chi connectivity index (χ4v) is 3.36. The summed E-state index contributed by atoms with van der Waals surface area (Å²) in [6.45, 7) is 6.05. The molecule has 0 radical (unpaired) electrons. The number of aryl methyl sites for hydroxylation is 1. The summed E-state index contributed by atoms with van der Waals surface area (Å²) < 4.78 is 0. The molecular weight excluding hydrogens is 340 g/mol. The van der Waals surface area contributed by atoms with Gasteiger partial charge in [-0.2, -0.15) is 0 Å². The number of hydrogen-bond acceptors (Lipinski definition) is 3. The largest absolute Gasteiger partial charge is 0.351 e. The van der Waals surface area contributed by atoms with Gasteiger partial charge >= 0.3 is 0 Å². The lowest BCUT2D eigenvalue weighted by molar-refractivity contribution is -0.122. The van der Waals surface area contributed by atoms with Gasteiger partial charge in [0.05, 0.1) is 11.1 Å². The zero-order chi connectivity index (χ0) is 19.6. The molecule has 2 aromatic carbocycles. The number of carbonyl (C=O) groups excluding carboxylic acids is 3. The van der Waals surface area contributed by atoms with Gasteiger partial charge in [0.1, 0.15) is 0 Å². The minimum absolute atomic E-state index is 0.0821. The van der Waals surface area contributed by atoms with Crippen molar-refractivity contribution in [3.63, 3.8) is 0 Å². The van der Waals surface area contributed by atoms with Gasteiger partial charge in [0.15, 0.2) is 0 Å². The summed E-state index contributed by atoms with van der Waals surface area (Å²) in [6, 6.07) is 15.0. The number of hydrogen-bond donors (Lipinski definition) is 1. The van der Waals surface area contributed by atoms with Crippen molar-refractivity contribution in [2.45, 2.75) is 39.2 Å². The molecule has 0 atom stereocenters. The summed E-state index contributed by atoms with van der Waals surface area (Å²) in [6.07, 6.45) is 0.787. The molecule has 1 N–H and O–H groups in total. The topological polar surface area (TPSA) is 66.5 Å². The Hall–Kier alpha value is -2.95. The van der Waals surface area contributed by atoms with E-state index in [2.05, 4.69) is 29.6 Å². The average Bonchev–Trinajstić information content (AvgIpc) is 2.86. The van der Waals surface area contributed by atoms with Gasteiger partial charge in [-0.3, -0.25) is 19.3 Å². The second kappa shape index (κ2) is 7.35. The third-order valence-electron chi connectivity index (χ3n) is 4.69. The smallest absolute Gasteiger partial charge is 0.261 e. The van der Waals surface area contributed by atoms with E-state index in [0.29, 0.717) is 17.5 Å². The minimum atomic E-state index is -0.422. The Bertz CT molecular complexity index is 850. The lowest BCUT2D eigenvalue weighted by Crippen LogP contribution is -2.46. The van der Waals surface area contributed by atoms with Gasteiger partial charge in [-0.1, -0.05) is 42.0 Å². The SMILES string of the molecule is Cc1ccc(CC(C)(C)NC(=O)CCN2C(=O)c3ccccc3C2=O)cc1. The van der Waals surface area contributed by atoms with Gasteiger partial charge in [-0.25, -0.2) is 0 Å². The Labute approximate surface area is 159 Å². The zero-order valence-electron chi connectivity index (χ0n) is 15.9. The maximum Gasteiger partial charge on any atom is 0.261 e. The molecule has 5 nitrogen and oxygen atoms in total. The molecule has 0 spiro atoms. The minimum Gasteiger partial charge on any atom is -0.351 e. The number of amides is 3. The van der Waals surface area contributed by atoms with E-state index < -0.39 is 5.54 Å². The first-order valence-electron chi connectivity index (χ1n) is 9.09. The van der Waals surface area contributed by atoms with Gasteiger partial charge in [0.25, 0.3) is 11.8 Å². The van der Waals surface area contributed by atoms with Crippen LogP contribution in [0.4, 0.5) is 0 Å². The Kier molecular flexibility index (Phi) is 5.13. The van der Waals surface area contributed by atoms with Crippen molar-refractivity contribution in [3.8, 4) is 0 Å². The molecule has 1 aliphatic heterocycles. The van der Waals surface area contributed by atoms with Crippen LogP contribution in [0.15, 0.2) is 48.5 Å². The summed E-state index contributed by atoms with van der Waals surface area (Å²) in [7, 11) is 0. The van der Waals surface area contributed by atoms with Crippen LogP contribution < -0.4 is 5.32 Å². The van der Waals surface area contributed by atoms with Crippen molar-refractivity contribution in [2.75, 3.05) is 6.54 Å². The number of carbonyl (C=O) groups is 3. The van der Waals surface area contributed by atoms with Crippen molar-refractivity contribution in [1.82, 2.24) is 10.2 Å². The van der Waals surface area contributed by atoms with Crippen LogP contribution in [-0.4, -0.2) is 34.7 Å². The van der Waals surface area contributed by atoms with E-state index in [1.807, 2.05) is 20.8 Å². The quantitative estimate of drug-likeness (QED) is 0.801. The summed E-state index contributed by atoms with van der Waals surface area (Å²) in [5.74, 6) is -0.840. The monoisotopic (exact) mass is 364 g/mol. The predicted molar refractivity (Wildman–Crippen MR) is 104 cm³/mol. The third-order valence-corrected chi connectivity index (χ3v) is 4.69. The van der Waals surface area contributed by atoms with Crippen molar-refractivity contribution in [3.05, 3.63) is 70.8 Å². The van der Waals surface area contributed by atoms with Crippen molar-refractivity contribution in [2.24, 2.45) is 0 Å². The summed E-state index contributed by atoms with van der Waals surface area (Å²) in [5.41, 5.74) is 2.73. The molecule has 0 saturated heterocycles. The van der Waals surface area contributed by atoms with E-state index in [9.17, 15) is 14.4 Å². The Morgan fingerprint density at radius 2 is 1.52 bits per heavy atom. The first-order chi connectivity index (χ1) is 12.8. The molecule has 0 bridgehead atoms. The van der Waals surface area contributed by atoms with Crippen LogP contribution in [0.5, 0.6) is 0 Å². The number of imide groups is 1. The van der Waals surface area contributed by atoms with Crippen LogP contribution >= 0.6 is 0 Å². The van der Waals surface area contributed by atoms with Crippen LogP contribution in [0.1, 0.15) is 52.1 Å². The molecule has 2 aromatic rings. The maximum atomic E-state index is 12.4. The van der Waals surface area contributed by atoms with Crippen molar-refractivity contribution in [1.29, 1.82) is 0 Å². The van der Waals surface area contributed by atoms with E-state index in [0.717, 1.165) is 10.5 Å². The first kappa shape index (κ1) is 18.8. The lowest BCUT2D eigenvalue weighted by atomic mass is 9.94. The molecule has 140 valence electrons.